The highest BCUT2D eigenvalue weighted by Crippen LogP contribution is 2.36. The third-order valence-corrected chi connectivity index (χ3v) is 4.85. The molecule has 1 aliphatic carbocycles. The monoisotopic (exact) mass is 322 g/mol. The van der Waals surface area contributed by atoms with Gasteiger partial charge in [0.2, 0.25) is 11.9 Å². The molecule has 2 fully saturated rings. The van der Waals surface area contributed by atoms with Gasteiger partial charge in [-0.2, -0.15) is 0 Å². The molecular formula is C16H19FN2O4. The van der Waals surface area contributed by atoms with Gasteiger partial charge in [-0.3, -0.25) is 14.9 Å². The fraction of sp³-hybridized carbons (Fsp3) is 0.562. The molecule has 1 N–H and O–H groups in total. The van der Waals surface area contributed by atoms with Crippen LogP contribution in [0.25, 0.3) is 0 Å². The lowest BCUT2D eigenvalue weighted by molar-refractivity contribution is -0.497. The van der Waals surface area contributed by atoms with Crippen LogP contribution in [0.2, 0.25) is 0 Å². The minimum atomic E-state index is -0.755. The molecule has 7 heteroatoms. The van der Waals surface area contributed by atoms with Gasteiger partial charge in [0.1, 0.15) is 11.7 Å². The van der Waals surface area contributed by atoms with E-state index in [4.69, 9.17) is 4.74 Å². The Morgan fingerprint density at radius 2 is 2.17 bits per heavy atom. The van der Waals surface area contributed by atoms with E-state index in [1.807, 2.05) is 6.07 Å². The number of ether oxygens (including phenoxy) is 1. The number of hydrogen-bond donors (Lipinski definition) is 1. The van der Waals surface area contributed by atoms with Crippen LogP contribution in [-0.2, 0) is 14.9 Å². The zero-order chi connectivity index (χ0) is 16.4. The number of benzene rings is 1. The van der Waals surface area contributed by atoms with Crippen LogP contribution in [0.3, 0.4) is 0 Å². The maximum Gasteiger partial charge on any atom is 0.230 e. The summed E-state index contributed by atoms with van der Waals surface area (Å²) in [6.45, 7) is 1.44. The molecule has 0 radical (unpaired) electrons. The first kappa shape index (κ1) is 15.9. The lowest BCUT2D eigenvalue weighted by Crippen LogP contribution is -2.45. The topological polar surface area (TPSA) is 81.5 Å². The van der Waals surface area contributed by atoms with E-state index in [1.165, 1.54) is 12.1 Å². The number of hydrogen-bond acceptors (Lipinski definition) is 4. The van der Waals surface area contributed by atoms with Crippen molar-refractivity contribution in [2.24, 2.45) is 5.92 Å². The quantitative estimate of drug-likeness (QED) is 0.660. The average Bonchev–Trinajstić information content (AvgIpc) is 3.34. The number of amides is 1. The molecule has 0 bridgehead atoms. The summed E-state index contributed by atoms with van der Waals surface area (Å²) in [5.41, 5.74) is 0.456. The maximum atomic E-state index is 13.6. The van der Waals surface area contributed by atoms with E-state index in [1.54, 1.807) is 6.07 Å². The highest BCUT2D eigenvalue weighted by molar-refractivity contribution is 5.82. The molecule has 1 saturated carbocycles. The Morgan fingerprint density at radius 3 is 2.78 bits per heavy atom. The van der Waals surface area contributed by atoms with Gasteiger partial charge in [-0.15, -0.1) is 0 Å². The molecule has 3 rings (SSSR count). The summed E-state index contributed by atoms with van der Waals surface area (Å²) < 4.78 is 19.0. The first-order valence-corrected chi connectivity index (χ1v) is 7.77. The summed E-state index contributed by atoms with van der Waals surface area (Å²) in [6.07, 6.45) is 1.66. The molecule has 1 aromatic rings. The fourth-order valence-corrected chi connectivity index (χ4v) is 3.23. The zero-order valence-corrected chi connectivity index (χ0v) is 12.7. The van der Waals surface area contributed by atoms with Gasteiger partial charge in [-0.25, -0.2) is 4.39 Å². The van der Waals surface area contributed by atoms with Crippen molar-refractivity contribution in [2.45, 2.75) is 30.7 Å². The normalized spacial score (nSPS) is 25.6. The Bertz CT molecular complexity index is 616. The first-order valence-electron chi connectivity index (χ1n) is 7.77. The minimum absolute atomic E-state index is 0.283. The van der Waals surface area contributed by atoms with Crippen molar-refractivity contribution in [3.63, 3.8) is 0 Å². The van der Waals surface area contributed by atoms with Gasteiger partial charge >= 0.3 is 0 Å². The van der Waals surface area contributed by atoms with Gasteiger partial charge in [-0.1, -0.05) is 12.1 Å². The molecule has 0 spiro atoms. The Morgan fingerprint density at radius 1 is 1.43 bits per heavy atom. The second kappa shape index (κ2) is 6.23. The number of nitrogens with zero attached hydrogens (tertiary/aromatic N) is 1. The van der Waals surface area contributed by atoms with Crippen LogP contribution in [0.15, 0.2) is 24.3 Å². The Kier molecular flexibility index (Phi) is 4.30. The predicted octanol–water partition coefficient (Wildman–Crippen LogP) is 1.66. The van der Waals surface area contributed by atoms with E-state index >= 15 is 0 Å². The van der Waals surface area contributed by atoms with Crippen LogP contribution in [-0.4, -0.2) is 36.6 Å². The molecule has 1 amide bonds. The molecule has 0 unspecified atom stereocenters. The molecule has 1 aromatic carbocycles. The van der Waals surface area contributed by atoms with Crippen LogP contribution >= 0.6 is 0 Å². The van der Waals surface area contributed by atoms with Gasteiger partial charge in [0.05, 0.1) is 0 Å². The average molecular weight is 322 g/mol. The van der Waals surface area contributed by atoms with Crippen LogP contribution < -0.4 is 5.32 Å². The summed E-state index contributed by atoms with van der Waals surface area (Å²) in [7, 11) is 0. The van der Waals surface area contributed by atoms with Crippen molar-refractivity contribution >= 4 is 5.91 Å². The van der Waals surface area contributed by atoms with E-state index in [9.17, 15) is 19.3 Å². The molecule has 6 nitrogen and oxygen atoms in total. The number of nitrogens with one attached hydrogen (secondary N) is 1. The first-order chi connectivity index (χ1) is 11.0. The highest BCUT2D eigenvalue weighted by Gasteiger charge is 2.53. The molecule has 2 aliphatic rings. The summed E-state index contributed by atoms with van der Waals surface area (Å²) in [5, 5.41) is 13.5. The second-order valence-corrected chi connectivity index (χ2v) is 6.32. The summed E-state index contributed by atoms with van der Waals surface area (Å²) >= 11 is 0. The lowest BCUT2D eigenvalue weighted by Gasteiger charge is -2.38. The lowest BCUT2D eigenvalue weighted by atomic mass is 9.74. The summed E-state index contributed by atoms with van der Waals surface area (Å²) in [4.78, 5) is 22.4. The number of carbonyl (C=O) groups excluding carboxylic acids is 1. The summed E-state index contributed by atoms with van der Waals surface area (Å²) in [6, 6.07) is 5.65. The number of rotatable bonds is 5. The van der Waals surface area contributed by atoms with Crippen LogP contribution in [0.5, 0.6) is 0 Å². The van der Waals surface area contributed by atoms with Crippen molar-refractivity contribution in [3.05, 3.63) is 45.8 Å². The van der Waals surface area contributed by atoms with E-state index in [2.05, 4.69) is 5.32 Å². The van der Waals surface area contributed by atoms with Gasteiger partial charge in [0, 0.05) is 36.5 Å². The van der Waals surface area contributed by atoms with Crippen LogP contribution in [0.1, 0.15) is 24.8 Å². The van der Waals surface area contributed by atoms with Crippen molar-refractivity contribution in [2.75, 3.05) is 19.8 Å². The molecule has 23 heavy (non-hydrogen) atoms. The van der Waals surface area contributed by atoms with E-state index in [0.717, 1.165) is 5.56 Å². The highest BCUT2D eigenvalue weighted by atomic mass is 19.1. The van der Waals surface area contributed by atoms with Crippen molar-refractivity contribution < 1.29 is 18.8 Å². The molecule has 124 valence electrons. The van der Waals surface area contributed by atoms with Gasteiger partial charge in [-0.05, 0) is 30.5 Å². The molecular weight excluding hydrogens is 303 g/mol. The summed E-state index contributed by atoms with van der Waals surface area (Å²) in [5.74, 6) is -1.13. The molecule has 1 heterocycles. The molecule has 2 atom stereocenters. The third kappa shape index (κ3) is 3.34. The SMILES string of the molecule is O=C(NCC1(c2cccc(F)c2)CCOCC1)[C@H]1C[C@H]1[N+](=O)[O-]. The second-order valence-electron chi connectivity index (χ2n) is 6.32. The molecule has 1 aliphatic heterocycles. The maximum absolute atomic E-state index is 13.6. The van der Waals surface area contributed by atoms with Crippen molar-refractivity contribution in [3.8, 4) is 0 Å². The van der Waals surface area contributed by atoms with Gasteiger partial charge < -0.3 is 10.1 Å². The van der Waals surface area contributed by atoms with E-state index in [-0.39, 0.29) is 17.1 Å². The number of carbonyl (C=O) groups is 1. The third-order valence-electron chi connectivity index (χ3n) is 4.85. The zero-order valence-electron chi connectivity index (χ0n) is 12.7. The van der Waals surface area contributed by atoms with Crippen molar-refractivity contribution in [1.82, 2.24) is 5.32 Å². The Balaban J connectivity index is 1.70. The Labute approximate surface area is 133 Å². The van der Waals surface area contributed by atoms with Crippen LogP contribution in [0.4, 0.5) is 4.39 Å². The van der Waals surface area contributed by atoms with Crippen molar-refractivity contribution in [1.29, 1.82) is 0 Å². The number of nitro groups is 1. The molecule has 0 aromatic heterocycles. The smallest absolute Gasteiger partial charge is 0.230 e. The fourth-order valence-electron chi connectivity index (χ4n) is 3.23. The van der Waals surface area contributed by atoms with Crippen LogP contribution in [0, 0.1) is 21.8 Å². The van der Waals surface area contributed by atoms with E-state index < -0.39 is 16.9 Å². The largest absolute Gasteiger partial charge is 0.381 e. The van der Waals surface area contributed by atoms with Gasteiger partial charge in [0.15, 0.2) is 0 Å². The van der Waals surface area contributed by atoms with E-state index in [0.29, 0.717) is 39.0 Å². The van der Waals surface area contributed by atoms with Gasteiger partial charge in [0.25, 0.3) is 0 Å². The minimum Gasteiger partial charge on any atom is -0.381 e. The predicted molar refractivity (Wildman–Crippen MR) is 80.0 cm³/mol. The number of halogens is 1. The Hall–Kier alpha value is -2.02. The standard InChI is InChI=1S/C16H19FN2O4/c17-12-3-1-2-11(8-12)16(4-6-23-7-5-16)10-18-15(20)13-9-14(13)19(21)22/h1-3,8,13-14H,4-7,9-10H2,(H,18,20)/t13-,14+/m0/s1. The molecule has 1 saturated heterocycles.